The second kappa shape index (κ2) is 18.3. The first kappa shape index (κ1) is 39.7. The Morgan fingerprint density at radius 3 is 1.90 bits per heavy atom. The van der Waals surface area contributed by atoms with Crippen LogP contribution in [0.25, 0.3) is 0 Å². The highest BCUT2D eigenvalue weighted by Crippen LogP contribution is 2.20. The lowest BCUT2D eigenvalue weighted by Crippen LogP contribution is -2.45. The zero-order valence-electron chi connectivity index (χ0n) is 29.3. The maximum atomic E-state index is 12.8. The molecule has 1 aliphatic heterocycles. The number of pyridine rings is 2. The first-order valence-electron chi connectivity index (χ1n) is 16.1. The Hall–Kier alpha value is -5.77. The van der Waals surface area contributed by atoms with Gasteiger partial charge in [0, 0.05) is 25.5 Å². The molecular formula is C35H44N6O10. The molecule has 3 unspecified atom stereocenters. The number of rotatable bonds is 14. The van der Waals surface area contributed by atoms with E-state index in [4.69, 9.17) is 14.6 Å². The molecule has 274 valence electrons. The number of aryl methyl sites for hydroxylation is 2. The summed E-state index contributed by atoms with van der Waals surface area (Å²) in [6.07, 6.45) is -1.01. The van der Waals surface area contributed by atoms with Gasteiger partial charge in [0.15, 0.2) is 0 Å². The molecule has 51 heavy (non-hydrogen) atoms. The van der Waals surface area contributed by atoms with Crippen LogP contribution in [-0.2, 0) is 40.1 Å². The smallest absolute Gasteiger partial charge is 0.310 e. The van der Waals surface area contributed by atoms with Crippen molar-refractivity contribution in [3.63, 3.8) is 0 Å². The van der Waals surface area contributed by atoms with E-state index in [1.807, 2.05) is 30.3 Å². The number of benzene rings is 1. The molecule has 3 heterocycles. The number of esters is 1. The lowest BCUT2D eigenvalue weighted by molar-refractivity contribution is -0.168. The number of nitrogens with zero attached hydrogens (tertiary/aromatic N) is 2. The first-order chi connectivity index (χ1) is 24.2. The van der Waals surface area contributed by atoms with Gasteiger partial charge < -0.3 is 40.6 Å². The fourth-order valence-corrected chi connectivity index (χ4v) is 5.35. The zero-order chi connectivity index (χ0) is 37.8. The molecule has 1 fully saturated rings. The summed E-state index contributed by atoms with van der Waals surface area (Å²) in [5.74, 6) is -2.63. The number of hydrogen-bond donors (Lipinski definition) is 5. The zero-order valence-corrected chi connectivity index (χ0v) is 29.3. The number of cyclic esters (lactones) is 1. The molecule has 2 amide bonds. The average molecular weight is 709 g/mol. The Bertz CT molecular complexity index is 1840. The molecule has 5 N–H and O–H groups in total. The monoisotopic (exact) mass is 708 g/mol. The van der Waals surface area contributed by atoms with Crippen LogP contribution in [0, 0.1) is 13.8 Å². The molecule has 2 aromatic heterocycles. The van der Waals surface area contributed by atoms with E-state index in [1.54, 1.807) is 59.1 Å². The summed E-state index contributed by atoms with van der Waals surface area (Å²) in [5.41, 5.74) is 2.25. The van der Waals surface area contributed by atoms with Gasteiger partial charge in [0.05, 0.1) is 25.5 Å². The van der Waals surface area contributed by atoms with Crippen molar-refractivity contribution >= 4 is 41.4 Å². The number of aldehydes is 1. The van der Waals surface area contributed by atoms with Crippen LogP contribution >= 0.6 is 0 Å². The van der Waals surface area contributed by atoms with Crippen molar-refractivity contribution in [2.75, 3.05) is 24.7 Å². The molecule has 16 nitrogen and oxygen atoms in total. The highest BCUT2D eigenvalue weighted by molar-refractivity contribution is 5.85. The molecule has 0 radical (unpaired) electrons. The Labute approximate surface area is 294 Å². The summed E-state index contributed by atoms with van der Waals surface area (Å²) in [6, 6.07) is 12.8. The molecule has 1 aromatic carbocycles. The molecule has 5 atom stereocenters. The van der Waals surface area contributed by atoms with Gasteiger partial charge in [-0.3, -0.25) is 37.9 Å². The van der Waals surface area contributed by atoms with Gasteiger partial charge in [-0.1, -0.05) is 30.3 Å². The summed E-state index contributed by atoms with van der Waals surface area (Å²) >= 11 is 0. The normalized spacial score (nSPS) is 16.7. The Morgan fingerprint density at radius 2 is 1.41 bits per heavy atom. The van der Waals surface area contributed by atoms with Crippen molar-refractivity contribution in [3.05, 3.63) is 92.3 Å². The quantitative estimate of drug-likeness (QED) is 0.119. The van der Waals surface area contributed by atoms with Gasteiger partial charge in [-0.05, 0) is 57.5 Å². The number of carboxylic acid groups (broad SMARTS) is 1. The minimum Gasteiger partial charge on any atom is -0.481 e. The topological polar surface area (TPSA) is 216 Å². The van der Waals surface area contributed by atoms with Crippen molar-refractivity contribution in [2.24, 2.45) is 0 Å². The summed E-state index contributed by atoms with van der Waals surface area (Å²) in [4.78, 5) is 83.0. The summed E-state index contributed by atoms with van der Waals surface area (Å²) in [6.45, 7) is 6.84. The first-order valence-corrected chi connectivity index (χ1v) is 16.1. The minimum absolute atomic E-state index is 0.0162. The number of aromatic nitrogens is 2. The SMILES string of the molecule is CNc1ccc(C)n(C(C)C(=O)N[C@H](C=O)CC(=O)O)c1=O.CNc1ccc(C)n(C(C)C(=O)N[C@H]2CC(=O)OC2OCc2ccccc2)c1=O. The van der Waals surface area contributed by atoms with Crippen LogP contribution in [0.5, 0.6) is 0 Å². The summed E-state index contributed by atoms with van der Waals surface area (Å²) in [5, 5.41) is 19.3. The number of carboxylic acids is 1. The van der Waals surface area contributed by atoms with E-state index < -0.39 is 54.7 Å². The van der Waals surface area contributed by atoms with Gasteiger partial charge in [-0.25, -0.2) is 0 Å². The molecule has 0 spiro atoms. The number of carbonyl (C=O) groups excluding carboxylic acids is 4. The van der Waals surface area contributed by atoms with Crippen LogP contribution in [0.3, 0.4) is 0 Å². The van der Waals surface area contributed by atoms with Crippen LogP contribution in [-0.4, -0.2) is 76.7 Å². The molecule has 3 aromatic rings. The molecule has 4 rings (SSSR count). The minimum atomic E-state index is -1.20. The van der Waals surface area contributed by atoms with E-state index in [1.165, 1.54) is 16.1 Å². The number of anilines is 2. The van der Waals surface area contributed by atoms with E-state index in [2.05, 4.69) is 21.3 Å². The standard InChI is InChI=1S/C21H25N3O5.C14H19N3O5/c1-13-9-10-16(22-3)20(27)24(13)14(2)19(26)23-17-11-18(25)29-21(17)28-12-15-7-5-4-6-8-15;1-8-4-5-11(15-3)14(22)17(8)9(2)13(21)16-10(7-18)6-12(19)20/h4-10,14,17,21-22H,11-12H2,1-3H3,(H,23,26);4-5,7,9-10,15H,6H2,1-3H3,(H,16,21)(H,19,20)/t14?,17-,21?;9?,10-/m00/s1. The van der Waals surface area contributed by atoms with E-state index in [-0.39, 0.29) is 30.1 Å². The molecule has 0 saturated carbocycles. The number of carbonyl (C=O) groups is 5. The highest BCUT2D eigenvalue weighted by Gasteiger charge is 2.38. The van der Waals surface area contributed by atoms with Gasteiger partial charge in [-0.15, -0.1) is 0 Å². The number of nitrogens with one attached hydrogen (secondary N) is 4. The maximum absolute atomic E-state index is 12.8. The molecule has 0 bridgehead atoms. The van der Waals surface area contributed by atoms with Crippen molar-refractivity contribution in [3.8, 4) is 0 Å². The molecule has 1 saturated heterocycles. The van der Waals surface area contributed by atoms with Crippen LogP contribution in [0.2, 0.25) is 0 Å². The van der Waals surface area contributed by atoms with E-state index in [0.29, 0.717) is 29.0 Å². The van der Waals surface area contributed by atoms with E-state index >= 15 is 0 Å². The Kier molecular flexibility index (Phi) is 14.2. The van der Waals surface area contributed by atoms with E-state index in [9.17, 15) is 33.6 Å². The Balaban J connectivity index is 0.000000287. The Morgan fingerprint density at radius 1 is 0.882 bits per heavy atom. The number of ether oxygens (including phenoxy) is 2. The van der Waals surface area contributed by atoms with Crippen LogP contribution < -0.4 is 32.4 Å². The largest absolute Gasteiger partial charge is 0.481 e. The number of hydrogen-bond acceptors (Lipinski definition) is 11. The van der Waals surface area contributed by atoms with Gasteiger partial charge in [0.1, 0.15) is 35.8 Å². The van der Waals surface area contributed by atoms with Crippen LogP contribution in [0.1, 0.15) is 55.7 Å². The molecule has 0 aliphatic carbocycles. The number of amides is 2. The van der Waals surface area contributed by atoms with Crippen molar-refractivity contribution in [1.29, 1.82) is 0 Å². The molecule has 16 heteroatoms. The van der Waals surface area contributed by atoms with Gasteiger partial charge in [0.25, 0.3) is 11.1 Å². The van der Waals surface area contributed by atoms with Gasteiger partial charge in [-0.2, -0.15) is 0 Å². The van der Waals surface area contributed by atoms with Crippen LogP contribution in [0.15, 0.2) is 64.2 Å². The lowest BCUT2D eigenvalue weighted by Gasteiger charge is -2.23. The van der Waals surface area contributed by atoms with Gasteiger partial charge in [0.2, 0.25) is 18.1 Å². The fraction of sp³-hybridized carbons (Fsp3) is 0.400. The predicted octanol–water partition coefficient (Wildman–Crippen LogP) is 1.65. The third-order valence-electron chi connectivity index (χ3n) is 8.15. The van der Waals surface area contributed by atoms with E-state index in [0.717, 1.165) is 5.56 Å². The molecular weight excluding hydrogens is 664 g/mol. The summed E-state index contributed by atoms with van der Waals surface area (Å²) < 4.78 is 13.6. The van der Waals surface area contributed by atoms with Gasteiger partial charge >= 0.3 is 11.9 Å². The maximum Gasteiger partial charge on any atom is 0.310 e. The fourth-order valence-electron chi connectivity index (χ4n) is 5.35. The van der Waals surface area contributed by atoms with Crippen molar-refractivity contribution in [2.45, 2.75) is 77.6 Å². The summed E-state index contributed by atoms with van der Waals surface area (Å²) in [7, 11) is 3.24. The van der Waals surface area contributed by atoms with Crippen LogP contribution in [0.4, 0.5) is 11.4 Å². The second-order valence-corrected chi connectivity index (χ2v) is 11.8. The third kappa shape index (κ3) is 10.4. The highest BCUT2D eigenvalue weighted by atomic mass is 16.7. The third-order valence-corrected chi connectivity index (χ3v) is 8.15. The number of aliphatic carboxylic acids is 1. The lowest BCUT2D eigenvalue weighted by atomic mass is 10.2. The van der Waals surface area contributed by atoms with Crippen molar-refractivity contribution in [1.82, 2.24) is 19.8 Å². The molecule has 1 aliphatic rings. The average Bonchev–Trinajstić information content (AvgIpc) is 3.45. The van der Waals surface area contributed by atoms with Crippen molar-refractivity contribution < 1.29 is 38.6 Å². The second-order valence-electron chi connectivity index (χ2n) is 11.8. The predicted molar refractivity (Wildman–Crippen MR) is 187 cm³/mol.